The van der Waals surface area contributed by atoms with E-state index < -0.39 is 0 Å². The first kappa shape index (κ1) is 32.7. The van der Waals surface area contributed by atoms with Crippen LogP contribution in [0.4, 0.5) is 11.4 Å². The van der Waals surface area contributed by atoms with E-state index >= 15 is 0 Å². The predicted octanol–water partition coefficient (Wildman–Crippen LogP) is 11.0. The zero-order valence-electron chi connectivity index (χ0n) is 26.3. The first-order valence-electron chi connectivity index (χ1n) is 16.0. The first-order valence-corrected chi connectivity index (χ1v) is 16.4. The van der Waals surface area contributed by atoms with E-state index in [-0.39, 0.29) is 0 Å². The van der Waals surface area contributed by atoms with Gasteiger partial charge >= 0.3 is 0 Å². The van der Waals surface area contributed by atoms with Gasteiger partial charge in [-0.2, -0.15) is 0 Å². The number of aliphatic imine (C=N–C) groups is 2. The number of benzene rings is 2. The molecule has 0 unspecified atom stereocenters. The van der Waals surface area contributed by atoms with Crippen molar-refractivity contribution in [1.82, 2.24) is 4.98 Å². The standard InChI is InChI=1S/C37H50ClN3/c1-7-13-27-19-29(15-9-3)36(30(20-27)16-10-4)39-25-34-23-33(38)24-35(41-34)26-40-37-31(17-11-5)21-28(14-8-2)22-32(37)18-12-6/h19-26H,7-18H2,1-6H3. The predicted molar refractivity (Wildman–Crippen MR) is 181 cm³/mol. The molecule has 1 aromatic heterocycles. The molecule has 0 saturated carbocycles. The third-order valence-corrected chi connectivity index (χ3v) is 7.51. The molecule has 41 heavy (non-hydrogen) atoms. The van der Waals surface area contributed by atoms with Gasteiger partial charge in [-0.25, -0.2) is 4.98 Å². The number of hydrogen-bond acceptors (Lipinski definition) is 3. The quantitative estimate of drug-likeness (QED) is 0.157. The SMILES string of the molecule is CCCc1cc(CCC)c(N=Cc2cc(Cl)cc(C=Nc3c(CCC)cc(CCC)cc3CCC)n2)c(CCC)c1. The first-order chi connectivity index (χ1) is 20.0. The average Bonchev–Trinajstić information content (AvgIpc) is 2.93. The third-order valence-electron chi connectivity index (χ3n) is 7.29. The van der Waals surface area contributed by atoms with Gasteiger partial charge in [0.25, 0.3) is 0 Å². The molecular formula is C37H50ClN3. The molecule has 2 aromatic carbocycles. The molecule has 0 aliphatic carbocycles. The minimum atomic E-state index is 0.643. The fraction of sp³-hybridized carbons (Fsp3) is 0.486. The van der Waals surface area contributed by atoms with Crippen molar-refractivity contribution in [1.29, 1.82) is 0 Å². The fourth-order valence-corrected chi connectivity index (χ4v) is 5.86. The van der Waals surface area contributed by atoms with Gasteiger partial charge in [-0.05, 0) is 84.0 Å². The monoisotopic (exact) mass is 571 g/mol. The highest BCUT2D eigenvalue weighted by atomic mass is 35.5. The third kappa shape index (κ3) is 9.64. The van der Waals surface area contributed by atoms with E-state index in [0.717, 1.165) is 99.8 Å². The maximum absolute atomic E-state index is 6.59. The summed E-state index contributed by atoms with van der Waals surface area (Å²) in [5, 5.41) is 0.643. The van der Waals surface area contributed by atoms with Crippen LogP contribution < -0.4 is 0 Å². The van der Waals surface area contributed by atoms with Crippen molar-refractivity contribution >= 4 is 35.4 Å². The molecule has 0 radical (unpaired) electrons. The van der Waals surface area contributed by atoms with Crippen molar-refractivity contribution in [2.24, 2.45) is 9.98 Å². The molecule has 220 valence electrons. The van der Waals surface area contributed by atoms with Crippen molar-refractivity contribution in [3.63, 3.8) is 0 Å². The smallest absolute Gasteiger partial charge is 0.0835 e. The minimum absolute atomic E-state index is 0.643. The van der Waals surface area contributed by atoms with E-state index in [0.29, 0.717) is 5.02 Å². The van der Waals surface area contributed by atoms with Crippen molar-refractivity contribution in [3.8, 4) is 0 Å². The van der Waals surface area contributed by atoms with Crippen LogP contribution in [0.2, 0.25) is 5.02 Å². The second kappa shape index (κ2) is 17.2. The Morgan fingerprint density at radius 1 is 0.512 bits per heavy atom. The number of nitrogens with zero attached hydrogens (tertiary/aromatic N) is 3. The Labute approximate surface area is 254 Å². The van der Waals surface area contributed by atoms with Crippen LogP contribution in [-0.2, 0) is 38.5 Å². The second-order valence-electron chi connectivity index (χ2n) is 11.2. The molecule has 0 N–H and O–H groups in total. The summed E-state index contributed by atoms with van der Waals surface area (Å²) in [7, 11) is 0. The van der Waals surface area contributed by atoms with Crippen molar-refractivity contribution in [3.05, 3.63) is 86.2 Å². The molecule has 0 fully saturated rings. The Bertz CT molecular complexity index is 1170. The molecule has 0 bridgehead atoms. The maximum Gasteiger partial charge on any atom is 0.0835 e. The van der Waals surface area contributed by atoms with E-state index in [1.54, 1.807) is 0 Å². The van der Waals surface area contributed by atoms with Gasteiger partial charge < -0.3 is 0 Å². The van der Waals surface area contributed by atoms with Gasteiger partial charge in [-0.3, -0.25) is 9.98 Å². The highest BCUT2D eigenvalue weighted by molar-refractivity contribution is 6.31. The van der Waals surface area contributed by atoms with Crippen LogP contribution in [0.3, 0.4) is 0 Å². The molecule has 0 saturated heterocycles. The van der Waals surface area contributed by atoms with E-state index in [1.807, 2.05) is 24.6 Å². The zero-order chi connectivity index (χ0) is 29.6. The molecule has 0 amide bonds. The summed E-state index contributed by atoms with van der Waals surface area (Å²) in [4.78, 5) is 14.9. The van der Waals surface area contributed by atoms with Crippen LogP contribution in [-0.4, -0.2) is 17.4 Å². The lowest BCUT2D eigenvalue weighted by atomic mass is 9.95. The van der Waals surface area contributed by atoms with Gasteiger partial charge in [0.15, 0.2) is 0 Å². The molecule has 0 aliphatic rings. The van der Waals surface area contributed by atoms with Crippen LogP contribution in [0.15, 0.2) is 46.4 Å². The van der Waals surface area contributed by atoms with Gasteiger partial charge in [0.05, 0.1) is 35.2 Å². The molecule has 3 rings (SSSR count). The summed E-state index contributed by atoms with van der Waals surface area (Å²) in [6.45, 7) is 13.4. The maximum atomic E-state index is 6.59. The highest BCUT2D eigenvalue weighted by Gasteiger charge is 2.12. The topological polar surface area (TPSA) is 37.6 Å². The van der Waals surface area contributed by atoms with Gasteiger partial charge in [0, 0.05) is 5.02 Å². The Hall–Kier alpha value is -2.78. The number of halogens is 1. The Morgan fingerprint density at radius 3 is 1.12 bits per heavy atom. The minimum Gasteiger partial charge on any atom is -0.254 e. The number of aryl methyl sites for hydroxylation is 6. The molecule has 0 atom stereocenters. The summed E-state index contributed by atoms with van der Waals surface area (Å²) in [6, 6.07) is 13.2. The molecular weight excluding hydrogens is 522 g/mol. The number of aromatic nitrogens is 1. The van der Waals surface area contributed by atoms with Crippen LogP contribution in [0.1, 0.15) is 125 Å². The molecule has 4 heteroatoms. The number of rotatable bonds is 16. The normalized spacial score (nSPS) is 11.8. The summed E-state index contributed by atoms with van der Waals surface area (Å²) < 4.78 is 0. The summed E-state index contributed by atoms with van der Waals surface area (Å²) in [5.41, 5.74) is 11.9. The molecule has 1 heterocycles. The lowest BCUT2D eigenvalue weighted by Crippen LogP contribution is -1.99. The summed E-state index contributed by atoms with van der Waals surface area (Å²) in [6.07, 6.45) is 16.8. The van der Waals surface area contributed by atoms with Gasteiger partial charge in [-0.15, -0.1) is 0 Å². The summed E-state index contributed by atoms with van der Waals surface area (Å²) in [5.74, 6) is 0. The van der Waals surface area contributed by atoms with Crippen LogP contribution in [0.5, 0.6) is 0 Å². The van der Waals surface area contributed by atoms with Gasteiger partial charge in [-0.1, -0.05) is 116 Å². The average molecular weight is 572 g/mol. The fourth-order valence-electron chi connectivity index (χ4n) is 5.63. The van der Waals surface area contributed by atoms with Crippen LogP contribution in [0, 0.1) is 0 Å². The Balaban J connectivity index is 2.00. The zero-order valence-corrected chi connectivity index (χ0v) is 27.1. The van der Waals surface area contributed by atoms with E-state index in [9.17, 15) is 0 Å². The van der Waals surface area contributed by atoms with Crippen molar-refractivity contribution in [2.75, 3.05) is 0 Å². The Kier molecular flexibility index (Phi) is 13.8. The second-order valence-corrected chi connectivity index (χ2v) is 11.6. The lowest BCUT2D eigenvalue weighted by molar-refractivity contribution is 0.871. The molecule has 0 aliphatic heterocycles. The summed E-state index contributed by atoms with van der Waals surface area (Å²) >= 11 is 6.59. The lowest BCUT2D eigenvalue weighted by Gasteiger charge is -2.14. The van der Waals surface area contributed by atoms with E-state index in [4.69, 9.17) is 26.6 Å². The van der Waals surface area contributed by atoms with Gasteiger partial charge in [0.1, 0.15) is 0 Å². The van der Waals surface area contributed by atoms with E-state index in [2.05, 4.69) is 65.8 Å². The van der Waals surface area contributed by atoms with Gasteiger partial charge in [0.2, 0.25) is 0 Å². The molecule has 0 spiro atoms. The van der Waals surface area contributed by atoms with Crippen molar-refractivity contribution < 1.29 is 0 Å². The highest BCUT2D eigenvalue weighted by Crippen LogP contribution is 2.31. The van der Waals surface area contributed by atoms with Crippen molar-refractivity contribution in [2.45, 2.75) is 119 Å². The largest absolute Gasteiger partial charge is 0.254 e. The van der Waals surface area contributed by atoms with E-state index in [1.165, 1.54) is 33.4 Å². The molecule has 3 aromatic rings. The Morgan fingerprint density at radius 2 is 0.829 bits per heavy atom. The number of pyridine rings is 1. The molecule has 3 nitrogen and oxygen atoms in total. The number of hydrogen-bond donors (Lipinski definition) is 0. The van der Waals surface area contributed by atoms with Crippen LogP contribution >= 0.6 is 11.6 Å². The van der Waals surface area contributed by atoms with Crippen LogP contribution in [0.25, 0.3) is 0 Å².